The molecule has 1 fully saturated rings. The van der Waals surface area contributed by atoms with Gasteiger partial charge >= 0.3 is 0 Å². The van der Waals surface area contributed by atoms with Crippen molar-refractivity contribution in [2.75, 3.05) is 24.5 Å². The summed E-state index contributed by atoms with van der Waals surface area (Å²) < 4.78 is 26.0. The van der Waals surface area contributed by atoms with Crippen LogP contribution in [0.2, 0.25) is 0 Å². The number of nitrogens with zero attached hydrogens (tertiary/aromatic N) is 2. The molecule has 0 amide bonds. The van der Waals surface area contributed by atoms with E-state index in [9.17, 15) is 13.7 Å². The lowest BCUT2D eigenvalue weighted by atomic mass is 10.0. The minimum absolute atomic E-state index is 0.0793. The average Bonchev–Trinajstić information content (AvgIpc) is 3.12. The highest BCUT2D eigenvalue weighted by molar-refractivity contribution is 7.91. The summed E-state index contributed by atoms with van der Waals surface area (Å²) >= 11 is 0. The van der Waals surface area contributed by atoms with Crippen molar-refractivity contribution < 1.29 is 8.42 Å². The maximum Gasteiger partial charge on any atom is 0.207 e. The lowest BCUT2D eigenvalue weighted by molar-refractivity contribution is 0.435. The maximum atomic E-state index is 13.0. The zero-order valence-corrected chi connectivity index (χ0v) is 15.3. The second-order valence-electron chi connectivity index (χ2n) is 6.83. The number of benzene rings is 2. The molecule has 4 rings (SSSR count). The molecule has 2 aliphatic rings. The van der Waals surface area contributed by atoms with Gasteiger partial charge in [-0.3, -0.25) is 0 Å². The van der Waals surface area contributed by atoms with Gasteiger partial charge in [0.1, 0.15) is 6.07 Å². The first kappa shape index (κ1) is 17.1. The number of nitrogens with one attached hydrogen (secondary N) is 1. The highest BCUT2D eigenvalue weighted by Crippen LogP contribution is 2.35. The third-order valence-corrected chi connectivity index (χ3v) is 7.15. The van der Waals surface area contributed by atoms with Crippen molar-refractivity contribution in [3.05, 3.63) is 53.6 Å². The predicted octanol–water partition coefficient (Wildman–Crippen LogP) is 2.51. The zero-order valence-electron chi connectivity index (χ0n) is 14.5. The van der Waals surface area contributed by atoms with E-state index in [1.807, 2.05) is 12.1 Å². The molecule has 26 heavy (non-hydrogen) atoms. The number of nitriles is 1. The molecule has 0 saturated carbocycles. The summed E-state index contributed by atoms with van der Waals surface area (Å²) in [6.45, 7) is 3.01. The number of sulfone groups is 1. The van der Waals surface area contributed by atoms with Crippen LogP contribution in [-0.4, -0.2) is 34.1 Å². The summed E-state index contributed by atoms with van der Waals surface area (Å²) in [5.74, 6) is 0. The zero-order chi connectivity index (χ0) is 18.1. The topological polar surface area (TPSA) is 73.2 Å². The normalized spacial score (nSPS) is 17.7. The second kappa shape index (κ2) is 6.75. The van der Waals surface area contributed by atoms with Crippen LogP contribution in [0, 0.1) is 11.3 Å². The van der Waals surface area contributed by atoms with E-state index in [4.69, 9.17) is 0 Å². The summed E-state index contributed by atoms with van der Waals surface area (Å²) in [4.78, 5) is 2.78. The molecule has 0 aromatic heterocycles. The first-order valence-electron chi connectivity index (χ1n) is 8.96. The Bertz CT molecular complexity index is 973. The van der Waals surface area contributed by atoms with Gasteiger partial charge in [-0.2, -0.15) is 5.26 Å². The van der Waals surface area contributed by atoms with Crippen molar-refractivity contribution in [3.63, 3.8) is 0 Å². The number of fused-ring (bicyclic) bond motifs is 1. The lowest BCUT2D eigenvalue weighted by Crippen LogP contribution is -2.42. The average molecular weight is 367 g/mol. The fourth-order valence-electron chi connectivity index (χ4n) is 3.99. The Morgan fingerprint density at radius 1 is 1.12 bits per heavy atom. The largest absolute Gasteiger partial charge is 0.368 e. The van der Waals surface area contributed by atoms with Crippen LogP contribution in [0.3, 0.4) is 0 Å². The lowest BCUT2D eigenvalue weighted by Gasteiger charge is -2.33. The quantitative estimate of drug-likeness (QED) is 0.902. The van der Waals surface area contributed by atoms with Crippen LogP contribution in [0.4, 0.5) is 5.69 Å². The third kappa shape index (κ3) is 2.87. The molecule has 6 heteroatoms. The molecular weight excluding hydrogens is 346 g/mol. The third-order valence-electron chi connectivity index (χ3n) is 5.34. The van der Waals surface area contributed by atoms with Gasteiger partial charge in [-0.1, -0.05) is 12.1 Å². The van der Waals surface area contributed by atoms with Crippen molar-refractivity contribution in [2.45, 2.75) is 35.1 Å². The van der Waals surface area contributed by atoms with E-state index in [0.29, 0.717) is 6.04 Å². The van der Waals surface area contributed by atoms with Gasteiger partial charge in [0.15, 0.2) is 0 Å². The monoisotopic (exact) mass is 367 g/mol. The highest BCUT2D eigenvalue weighted by Gasteiger charge is 2.29. The van der Waals surface area contributed by atoms with Gasteiger partial charge in [-0.25, -0.2) is 8.42 Å². The van der Waals surface area contributed by atoms with Crippen molar-refractivity contribution in [1.29, 1.82) is 5.26 Å². The first-order chi connectivity index (χ1) is 12.6. The Balaban J connectivity index is 1.69. The molecule has 2 aromatic rings. The van der Waals surface area contributed by atoms with E-state index in [0.717, 1.165) is 50.1 Å². The minimum Gasteiger partial charge on any atom is -0.368 e. The molecular formula is C20H21N3O2S. The van der Waals surface area contributed by atoms with E-state index in [-0.39, 0.29) is 15.4 Å². The van der Waals surface area contributed by atoms with Crippen molar-refractivity contribution in [3.8, 4) is 6.07 Å². The highest BCUT2D eigenvalue weighted by atomic mass is 32.2. The van der Waals surface area contributed by atoms with Gasteiger partial charge in [0.05, 0.1) is 15.4 Å². The van der Waals surface area contributed by atoms with Gasteiger partial charge in [0.2, 0.25) is 9.84 Å². The molecule has 5 nitrogen and oxygen atoms in total. The molecule has 0 spiro atoms. The smallest absolute Gasteiger partial charge is 0.207 e. The standard InChI is InChI=1S/C20H21N3O2S/c21-14-16-3-1-2-4-20(16)26(24,25)18-5-6-19-15(13-18)9-12-23(19)17-7-10-22-11-8-17/h1-6,13,17,22H,7-12H2. The Kier molecular flexibility index (Phi) is 4.43. The van der Waals surface area contributed by atoms with Crippen LogP contribution >= 0.6 is 0 Å². The van der Waals surface area contributed by atoms with Crippen LogP contribution in [0.1, 0.15) is 24.0 Å². The van der Waals surface area contributed by atoms with Gasteiger partial charge in [-0.05, 0) is 68.2 Å². The molecule has 0 aliphatic carbocycles. The molecule has 0 radical (unpaired) electrons. The predicted molar refractivity (Wildman–Crippen MR) is 100.0 cm³/mol. The molecule has 2 aromatic carbocycles. The van der Waals surface area contributed by atoms with Gasteiger partial charge < -0.3 is 10.2 Å². The molecule has 0 unspecified atom stereocenters. The van der Waals surface area contributed by atoms with Crippen molar-refractivity contribution in [1.82, 2.24) is 5.32 Å². The molecule has 1 N–H and O–H groups in total. The summed E-state index contributed by atoms with van der Waals surface area (Å²) in [7, 11) is -3.70. The van der Waals surface area contributed by atoms with E-state index >= 15 is 0 Å². The molecule has 2 aliphatic heterocycles. The molecule has 0 bridgehead atoms. The minimum atomic E-state index is -3.70. The molecule has 2 heterocycles. The maximum absolute atomic E-state index is 13.0. The first-order valence-corrected chi connectivity index (χ1v) is 10.4. The van der Waals surface area contributed by atoms with E-state index in [1.54, 1.807) is 30.3 Å². The van der Waals surface area contributed by atoms with Crippen LogP contribution in [-0.2, 0) is 16.3 Å². The van der Waals surface area contributed by atoms with E-state index in [1.165, 1.54) is 6.07 Å². The van der Waals surface area contributed by atoms with Crippen LogP contribution in [0.15, 0.2) is 52.3 Å². The molecule has 1 saturated heterocycles. The Morgan fingerprint density at radius 3 is 2.65 bits per heavy atom. The molecule has 0 atom stereocenters. The van der Waals surface area contributed by atoms with E-state index < -0.39 is 9.84 Å². The number of hydrogen-bond donors (Lipinski definition) is 1. The van der Waals surface area contributed by atoms with Crippen LogP contribution < -0.4 is 10.2 Å². The Hall–Kier alpha value is -2.36. The number of hydrogen-bond acceptors (Lipinski definition) is 5. The number of piperidine rings is 1. The Labute approximate surface area is 154 Å². The summed E-state index contributed by atoms with van der Waals surface area (Å²) in [6, 6.07) is 14.3. The van der Waals surface area contributed by atoms with Crippen LogP contribution in [0.25, 0.3) is 0 Å². The Morgan fingerprint density at radius 2 is 1.88 bits per heavy atom. The number of anilines is 1. The van der Waals surface area contributed by atoms with Crippen LogP contribution in [0.5, 0.6) is 0 Å². The summed E-state index contributed by atoms with van der Waals surface area (Å²) in [5.41, 5.74) is 2.42. The molecule has 134 valence electrons. The summed E-state index contributed by atoms with van der Waals surface area (Å²) in [5, 5.41) is 12.6. The summed E-state index contributed by atoms with van der Waals surface area (Å²) in [6.07, 6.45) is 3.10. The van der Waals surface area contributed by atoms with Crippen molar-refractivity contribution in [2.24, 2.45) is 0 Å². The fraction of sp³-hybridized carbons (Fsp3) is 0.350. The number of rotatable bonds is 3. The second-order valence-corrected chi connectivity index (χ2v) is 8.74. The van der Waals surface area contributed by atoms with Gasteiger partial charge in [0.25, 0.3) is 0 Å². The van der Waals surface area contributed by atoms with Crippen molar-refractivity contribution >= 4 is 15.5 Å². The van der Waals surface area contributed by atoms with E-state index in [2.05, 4.69) is 10.2 Å². The van der Waals surface area contributed by atoms with Gasteiger partial charge in [0, 0.05) is 18.3 Å². The fourth-order valence-corrected chi connectivity index (χ4v) is 5.45. The van der Waals surface area contributed by atoms with Gasteiger partial charge in [-0.15, -0.1) is 0 Å². The SMILES string of the molecule is N#Cc1ccccc1S(=O)(=O)c1ccc2c(c1)CCN2C1CCNCC1.